The Morgan fingerprint density at radius 3 is 2.14 bits per heavy atom. The Kier molecular flexibility index (Phi) is 4.72. The molecule has 5 N–H and O–H groups in total. The Morgan fingerprint density at radius 1 is 0.897 bits per heavy atom. The van der Waals surface area contributed by atoms with Crippen LogP contribution in [0.15, 0.2) is 66.7 Å². The maximum atomic E-state index is 11.5. The van der Waals surface area contributed by atoms with Crippen LogP contribution in [0.4, 0.5) is 29.1 Å². The van der Waals surface area contributed by atoms with Gasteiger partial charge in [0.15, 0.2) is 5.82 Å². The number of nitrogen functional groups attached to an aromatic ring is 1. The van der Waals surface area contributed by atoms with Crippen molar-refractivity contribution in [1.29, 1.82) is 0 Å². The van der Waals surface area contributed by atoms with E-state index in [1.165, 1.54) is 10.7 Å². The quantitative estimate of drug-likeness (QED) is 0.392. The highest BCUT2D eigenvalue weighted by Crippen LogP contribution is 2.20. The van der Waals surface area contributed by atoms with Crippen LogP contribution in [0.3, 0.4) is 0 Å². The zero-order valence-electron chi connectivity index (χ0n) is 15.0. The van der Waals surface area contributed by atoms with Crippen LogP contribution < -0.4 is 16.4 Å². The van der Waals surface area contributed by atoms with Crippen LogP contribution in [0.5, 0.6) is 0 Å². The van der Waals surface area contributed by atoms with Crippen LogP contribution in [0, 0.1) is 0 Å². The van der Waals surface area contributed by atoms with Crippen LogP contribution in [0.25, 0.3) is 5.82 Å². The molecule has 0 saturated carbocycles. The van der Waals surface area contributed by atoms with E-state index in [-0.39, 0.29) is 23.5 Å². The molecule has 29 heavy (non-hydrogen) atoms. The Balaban J connectivity index is 1.69. The number of aromatic nitrogens is 5. The van der Waals surface area contributed by atoms with Crippen LogP contribution in [0.2, 0.25) is 0 Å². The van der Waals surface area contributed by atoms with Gasteiger partial charge in [-0.05, 0) is 24.3 Å². The third-order valence-corrected chi connectivity index (χ3v) is 3.83. The Bertz CT molecular complexity index is 1150. The number of para-hydroxylation sites is 2. The summed E-state index contributed by atoms with van der Waals surface area (Å²) in [7, 11) is 0. The molecule has 0 atom stereocenters. The molecule has 0 unspecified atom stereocenters. The first-order valence-electron chi connectivity index (χ1n) is 8.58. The predicted molar refractivity (Wildman–Crippen MR) is 108 cm³/mol. The van der Waals surface area contributed by atoms with Crippen LogP contribution in [-0.2, 0) is 0 Å². The highest BCUT2D eigenvalue weighted by Gasteiger charge is 2.16. The topological polar surface area (TPSA) is 144 Å². The molecule has 0 amide bonds. The Hall–Kier alpha value is -4.47. The van der Waals surface area contributed by atoms with E-state index < -0.39 is 11.8 Å². The van der Waals surface area contributed by atoms with E-state index >= 15 is 0 Å². The van der Waals surface area contributed by atoms with Crippen molar-refractivity contribution < 1.29 is 9.90 Å². The second kappa shape index (κ2) is 7.64. The molecule has 2 aromatic carbocycles. The molecule has 2 heterocycles. The van der Waals surface area contributed by atoms with Crippen LogP contribution in [-0.4, -0.2) is 35.8 Å². The zero-order valence-corrected chi connectivity index (χ0v) is 15.0. The number of hydrogen-bond donors (Lipinski definition) is 4. The third-order valence-electron chi connectivity index (χ3n) is 3.83. The molecule has 0 saturated heterocycles. The van der Waals surface area contributed by atoms with E-state index in [1.54, 1.807) is 0 Å². The standard InChI is InChI=1S/C19H16N8O2/c20-18-25-19(22-13-9-5-2-6-10-13)26-27(18)15-11-14(23-16(24-15)17(28)29)21-12-7-3-1-4-8-12/h1-11H,(H,28,29)(H,21,23,24)(H3,20,22,25,26). The smallest absolute Gasteiger partial charge is 0.374 e. The van der Waals surface area contributed by atoms with Gasteiger partial charge in [0.25, 0.3) is 0 Å². The molecule has 0 fully saturated rings. The first kappa shape index (κ1) is 17.9. The second-order valence-corrected chi connectivity index (χ2v) is 5.93. The van der Waals surface area contributed by atoms with Crippen molar-refractivity contribution in [3.8, 4) is 5.82 Å². The van der Waals surface area contributed by atoms with Gasteiger partial charge >= 0.3 is 5.97 Å². The SMILES string of the molecule is Nc1nc(Nc2ccccc2)nn1-c1cc(Nc2ccccc2)nc(C(=O)O)n1. The molecular formula is C19H16N8O2. The van der Waals surface area contributed by atoms with Gasteiger partial charge in [0, 0.05) is 17.4 Å². The van der Waals surface area contributed by atoms with Gasteiger partial charge in [-0.1, -0.05) is 36.4 Å². The molecule has 4 aromatic rings. The third kappa shape index (κ3) is 4.11. The minimum absolute atomic E-state index is 0.0455. The van der Waals surface area contributed by atoms with Gasteiger partial charge < -0.3 is 21.5 Å². The number of anilines is 5. The normalized spacial score (nSPS) is 10.5. The van der Waals surface area contributed by atoms with E-state index in [9.17, 15) is 9.90 Å². The number of aromatic carboxylic acids is 1. The fraction of sp³-hybridized carbons (Fsp3) is 0. The number of carbonyl (C=O) groups is 1. The highest BCUT2D eigenvalue weighted by molar-refractivity contribution is 5.84. The van der Waals surface area contributed by atoms with Gasteiger partial charge in [-0.15, -0.1) is 5.10 Å². The zero-order chi connectivity index (χ0) is 20.2. The fourth-order valence-corrected chi connectivity index (χ4v) is 2.57. The number of nitrogens with zero attached hydrogens (tertiary/aromatic N) is 5. The molecule has 0 aliphatic heterocycles. The fourth-order valence-electron chi connectivity index (χ4n) is 2.57. The van der Waals surface area contributed by atoms with Crippen molar-refractivity contribution in [3.63, 3.8) is 0 Å². The van der Waals surface area contributed by atoms with Crippen molar-refractivity contribution in [2.24, 2.45) is 0 Å². The lowest BCUT2D eigenvalue weighted by Crippen LogP contribution is -2.12. The second-order valence-electron chi connectivity index (χ2n) is 5.93. The number of benzene rings is 2. The number of rotatable bonds is 6. The summed E-state index contributed by atoms with van der Waals surface area (Å²) in [6.45, 7) is 0. The summed E-state index contributed by atoms with van der Waals surface area (Å²) < 4.78 is 1.25. The molecule has 144 valence electrons. The molecular weight excluding hydrogens is 372 g/mol. The van der Waals surface area contributed by atoms with Crippen LogP contribution >= 0.6 is 0 Å². The van der Waals surface area contributed by atoms with E-state index in [0.717, 1.165) is 11.4 Å². The summed E-state index contributed by atoms with van der Waals surface area (Å²) >= 11 is 0. The average Bonchev–Trinajstić information content (AvgIpc) is 3.09. The van der Waals surface area contributed by atoms with Gasteiger partial charge in [0.1, 0.15) is 5.82 Å². The lowest BCUT2D eigenvalue weighted by Gasteiger charge is -2.09. The first-order chi connectivity index (χ1) is 14.1. The highest BCUT2D eigenvalue weighted by atomic mass is 16.4. The lowest BCUT2D eigenvalue weighted by molar-refractivity contribution is 0.0683. The summed E-state index contributed by atoms with van der Waals surface area (Å²) in [5.74, 6) is -0.920. The lowest BCUT2D eigenvalue weighted by atomic mass is 10.3. The molecule has 2 aromatic heterocycles. The van der Waals surface area contributed by atoms with Crippen molar-refractivity contribution in [2.45, 2.75) is 0 Å². The molecule has 10 nitrogen and oxygen atoms in total. The molecule has 0 aliphatic rings. The largest absolute Gasteiger partial charge is 0.475 e. The molecule has 10 heteroatoms. The number of carboxylic acid groups (broad SMARTS) is 1. The predicted octanol–water partition coefficient (Wildman–Crippen LogP) is 2.82. The maximum absolute atomic E-state index is 11.5. The molecule has 0 spiro atoms. The number of nitrogens with one attached hydrogen (secondary N) is 2. The van der Waals surface area contributed by atoms with Gasteiger partial charge in [0.05, 0.1) is 0 Å². The average molecular weight is 388 g/mol. The summed E-state index contributed by atoms with van der Waals surface area (Å²) in [6, 6.07) is 20.1. The van der Waals surface area contributed by atoms with E-state index in [2.05, 4.69) is 30.7 Å². The molecule has 0 radical (unpaired) electrons. The van der Waals surface area contributed by atoms with E-state index in [0.29, 0.717) is 0 Å². The van der Waals surface area contributed by atoms with E-state index in [1.807, 2.05) is 60.7 Å². The molecule has 4 rings (SSSR count). The first-order valence-corrected chi connectivity index (χ1v) is 8.58. The summed E-state index contributed by atoms with van der Waals surface area (Å²) in [6.07, 6.45) is 0. The number of carboxylic acids is 1. The maximum Gasteiger partial charge on any atom is 0.374 e. The van der Waals surface area contributed by atoms with Gasteiger partial charge in [-0.25, -0.2) is 14.8 Å². The van der Waals surface area contributed by atoms with Gasteiger partial charge in [-0.2, -0.15) is 9.67 Å². The Morgan fingerprint density at radius 2 is 1.52 bits per heavy atom. The number of nitrogens with two attached hydrogens (primary N) is 1. The van der Waals surface area contributed by atoms with Crippen LogP contribution in [0.1, 0.15) is 10.6 Å². The Labute approximate surface area is 165 Å². The summed E-state index contributed by atoms with van der Waals surface area (Å²) in [5, 5.41) is 19.7. The minimum Gasteiger partial charge on any atom is -0.475 e. The van der Waals surface area contributed by atoms with Gasteiger partial charge in [-0.3, -0.25) is 0 Å². The summed E-state index contributed by atoms with van der Waals surface area (Å²) in [5.41, 5.74) is 7.50. The summed E-state index contributed by atoms with van der Waals surface area (Å²) in [4.78, 5) is 23.7. The number of hydrogen-bond acceptors (Lipinski definition) is 8. The minimum atomic E-state index is -1.27. The van der Waals surface area contributed by atoms with Crippen molar-refractivity contribution in [3.05, 3.63) is 72.6 Å². The van der Waals surface area contributed by atoms with E-state index in [4.69, 9.17) is 5.73 Å². The molecule has 0 bridgehead atoms. The molecule has 0 aliphatic carbocycles. The van der Waals surface area contributed by atoms with Gasteiger partial charge in [0.2, 0.25) is 17.7 Å². The van der Waals surface area contributed by atoms with Crippen molar-refractivity contribution in [2.75, 3.05) is 16.4 Å². The van der Waals surface area contributed by atoms with Crippen molar-refractivity contribution in [1.82, 2.24) is 24.7 Å². The monoisotopic (exact) mass is 388 g/mol. The van der Waals surface area contributed by atoms with Crippen molar-refractivity contribution >= 4 is 35.1 Å².